The van der Waals surface area contributed by atoms with Gasteiger partial charge in [-0.25, -0.2) is 0 Å². The molecule has 0 radical (unpaired) electrons. The molecule has 37 heavy (non-hydrogen) atoms. The fourth-order valence-electron chi connectivity index (χ4n) is 4.27. The summed E-state index contributed by atoms with van der Waals surface area (Å²) in [6.07, 6.45) is 2.20. The van der Waals surface area contributed by atoms with Crippen molar-refractivity contribution in [2.75, 3.05) is 10.2 Å². The second kappa shape index (κ2) is 11.0. The van der Waals surface area contributed by atoms with Gasteiger partial charge in [0.25, 0.3) is 0 Å². The number of hydrogen-bond acceptors (Lipinski definition) is 5. The number of nitrogens with one attached hydrogen (secondary N) is 2. The third kappa shape index (κ3) is 5.51. The molecule has 5 rings (SSSR count). The lowest BCUT2D eigenvalue weighted by Gasteiger charge is -2.26. The lowest BCUT2D eigenvalue weighted by molar-refractivity contribution is -0.115. The maximum absolute atomic E-state index is 11.9. The molecule has 2 N–H and O–H groups in total. The zero-order valence-electron chi connectivity index (χ0n) is 20.3. The van der Waals surface area contributed by atoms with E-state index in [0.29, 0.717) is 16.6 Å². The molecule has 0 aliphatic carbocycles. The molecule has 4 aromatic rings. The van der Waals surface area contributed by atoms with Gasteiger partial charge in [0, 0.05) is 33.9 Å². The number of carbonyl (C=O) groups is 1. The van der Waals surface area contributed by atoms with Crippen LogP contribution in [0.4, 0.5) is 11.4 Å². The molecule has 188 valence electrons. The molecule has 1 aliphatic rings. The number of amides is 1. The van der Waals surface area contributed by atoms with Gasteiger partial charge in [-0.3, -0.25) is 9.78 Å². The van der Waals surface area contributed by atoms with Crippen LogP contribution in [0.2, 0.25) is 5.02 Å². The molecule has 2 aromatic carbocycles. The van der Waals surface area contributed by atoms with E-state index in [2.05, 4.69) is 20.5 Å². The van der Waals surface area contributed by atoms with Crippen LogP contribution >= 0.6 is 35.6 Å². The van der Waals surface area contributed by atoms with Gasteiger partial charge in [0.05, 0.1) is 11.7 Å². The summed E-state index contributed by atoms with van der Waals surface area (Å²) >= 11 is 13.4. The Hall–Kier alpha value is -3.33. The van der Waals surface area contributed by atoms with Crippen LogP contribution in [0.25, 0.3) is 0 Å². The Morgan fingerprint density at radius 2 is 1.97 bits per heavy atom. The average Bonchev–Trinajstić information content (AvgIpc) is 3.51. The van der Waals surface area contributed by atoms with E-state index in [9.17, 15) is 4.79 Å². The molecular weight excluding hydrogens is 524 g/mol. The average molecular weight is 549 g/mol. The van der Waals surface area contributed by atoms with Crippen molar-refractivity contribution in [3.05, 3.63) is 101 Å². The van der Waals surface area contributed by atoms with Crippen molar-refractivity contribution in [1.82, 2.24) is 10.3 Å². The van der Waals surface area contributed by atoms with Crippen LogP contribution in [0.3, 0.4) is 0 Å². The van der Waals surface area contributed by atoms with Crippen LogP contribution in [0.5, 0.6) is 0 Å². The van der Waals surface area contributed by atoms with Gasteiger partial charge in [0.15, 0.2) is 10.2 Å². The monoisotopic (exact) mass is 548 g/mol. The van der Waals surface area contributed by atoms with Crippen molar-refractivity contribution in [3.8, 4) is 0 Å². The van der Waals surface area contributed by atoms with Gasteiger partial charge in [-0.05, 0) is 91.4 Å². The minimum atomic E-state index is -0.266. The van der Waals surface area contributed by atoms with Crippen LogP contribution < -0.4 is 15.5 Å². The molecule has 2 atom stereocenters. The smallest absolute Gasteiger partial charge is 0.224 e. The standard InChI is InChI=1S/C28H25ClN4O2S2/c1-3-24(34)31-21-12-9-19(16-17(21)2)33-27(26(32-28(33)36)22-6-4-5-15-30-22)23-13-14-25(35-23)37-20-10-7-18(29)8-11-20/h4-16,26-27H,3H2,1-2H3,(H,31,34)(H,32,36)/t26-,27-/m0/s1. The summed E-state index contributed by atoms with van der Waals surface area (Å²) in [5, 5.41) is 8.44. The molecule has 1 saturated heterocycles. The predicted octanol–water partition coefficient (Wildman–Crippen LogP) is 7.31. The first kappa shape index (κ1) is 25.3. The number of furan rings is 1. The molecule has 1 amide bonds. The van der Waals surface area contributed by atoms with Gasteiger partial charge >= 0.3 is 0 Å². The largest absolute Gasteiger partial charge is 0.452 e. The van der Waals surface area contributed by atoms with Crippen LogP contribution in [-0.4, -0.2) is 16.0 Å². The molecule has 0 spiro atoms. The Bertz CT molecular complexity index is 1430. The summed E-state index contributed by atoms with van der Waals surface area (Å²) in [4.78, 5) is 19.6. The fourth-order valence-corrected chi connectivity index (χ4v) is 5.52. The van der Waals surface area contributed by atoms with Crippen molar-refractivity contribution in [1.29, 1.82) is 0 Å². The molecule has 0 bridgehead atoms. The number of anilines is 2. The van der Waals surface area contributed by atoms with E-state index < -0.39 is 0 Å². The molecule has 1 aliphatic heterocycles. The second-order valence-electron chi connectivity index (χ2n) is 8.61. The lowest BCUT2D eigenvalue weighted by Crippen LogP contribution is -2.29. The maximum atomic E-state index is 11.9. The van der Waals surface area contributed by atoms with Crippen LogP contribution in [0.15, 0.2) is 93.4 Å². The highest BCUT2D eigenvalue weighted by molar-refractivity contribution is 7.99. The number of halogens is 1. The van der Waals surface area contributed by atoms with Crippen molar-refractivity contribution < 1.29 is 9.21 Å². The van der Waals surface area contributed by atoms with E-state index in [1.54, 1.807) is 6.20 Å². The quantitative estimate of drug-likeness (QED) is 0.234. The molecule has 0 unspecified atom stereocenters. The molecule has 0 saturated carbocycles. The maximum Gasteiger partial charge on any atom is 0.224 e. The van der Waals surface area contributed by atoms with E-state index >= 15 is 0 Å². The second-order valence-corrected chi connectivity index (χ2v) is 10.5. The van der Waals surface area contributed by atoms with Gasteiger partial charge in [0.2, 0.25) is 5.91 Å². The van der Waals surface area contributed by atoms with Crippen molar-refractivity contribution in [2.24, 2.45) is 0 Å². The number of hydrogen-bond donors (Lipinski definition) is 2. The summed E-state index contributed by atoms with van der Waals surface area (Å²) in [7, 11) is 0. The number of aromatic nitrogens is 1. The number of aryl methyl sites for hydroxylation is 1. The number of rotatable bonds is 7. The van der Waals surface area contributed by atoms with Gasteiger partial charge < -0.3 is 20.0 Å². The summed E-state index contributed by atoms with van der Waals surface area (Å²) in [6.45, 7) is 3.80. The van der Waals surface area contributed by atoms with Crippen LogP contribution in [0, 0.1) is 6.92 Å². The van der Waals surface area contributed by atoms with Crippen molar-refractivity contribution >= 4 is 58.0 Å². The third-order valence-corrected chi connectivity index (χ3v) is 7.60. The van der Waals surface area contributed by atoms with Crippen molar-refractivity contribution in [2.45, 2.75) is 42.3 Å². The minimum Gasteiger partial charge on any atom is -0.452 e. The Kier molecular flexibility index (Phi) is 7.50. The molecule has 2 aromatic heterocycles. The van der Waals surface area contributed by atoms with E-state index in [1.165, 1.54) is 11.8 Å². The van der Waals surface area contributed by atoms with E-state index in [0.717, 1.165) is 38.4 Å². The van der Waals surface area contributed by atoms with Gasteiger partial charge in [-0.1, -0.05) is 36.4 Å². The Morgan fingerprint density at radius 1 is 1.16 bits per heavy atom. The first-order valence-electron chi connectivity index (χ1n) is 11.9. The number of pyridine rings is 1. The zero-order valence-corrected chi connectivity index (χ0v) is 22.7. The van der Waals surface area contributed by atoms with Crippen LogP contribution in [0.1, 0.15) is 42.4 Å². The summed E-state index contributed by atoms with van der Waals surface area (Å²) in [5.41, 5.74) is 3.49. The number of benzene rings is 2. The van der Waals surface area contributed by atoms with Gasteiger partial charge in [0.1, 0.15) is 11.8 Å². The van der Waals surface area contributed by atoms with Crippen LogP contribution in [-0.2, 0) is 4.79 Å². The Balaban J connectivity index is 1.50. The fraction of sp³-hybridized carbons (Fsp3) is 0.179. The molecule has 3 heterocycles. The Labute approximate surface area is 230 Å². The van der Waals surface area contributed by atoms with E-state index in [-0.39, 0.29) is 18.0 Å². The summed E-state index contributed by atoms with van der Waals surface area (Å²) in [5.74, 6) is 0.740. The highest BCUT2D eigenvalue weighted by Gasteiger charge is 2.42. The minimum absolute atomic E-state index is 0.0244. The number of carbonyl (C=O) groups excluding carboxylic acids is 1. The summed E-state index contributed by atoms with van der Waals surface area (Å²) < 4.78 is 6.38. The predicted molar refractivity (Wildman–Crippen MR) is 152 cm³/mol. The highest BCUT2D eigenvalue weighted by Crippen LogP contribution is 2.44. The van der Waals surface area contributed by atoms with Gasteiger partial charge in [-0.2, -0.15) is 0 Å². The molecule has 6 nitrogen and oxygen atoms in total. The van der Waals surface area contributed by atoms with Gasteiger partial charge in [-0.15, -0.1) is 0 Å². The normalized spacial score (nSPS) is 17.1. The van der Waals surface area contributed by atoms with E-state index in [1.807, 2.05) is 86.6 Å². The highest BCUT2D eigenvalue weighted by atomic mass is 35.5. The molecule has 9 heteroatoms. The van der Waals surface area contributed by atoms with Crippen molar-refractivity contribution in [3.63, 3.8) is 0 Å². The number of nitrogens with zero attached hydrogens (tertiary/aromatic N) is 2. The molecule has 1 fully saturated rings. The first-order chi connectivity index (χ1) is 17.9. The SMILES string of the molecule is CCC(=O)Nc1ccc(N2C(=S)N[C@@H](c3ccccn3)[C@@H]2c2ccc(Sc3ccc(Cl)cc3)o2)cc1C. The molecular formula is C28H25ClN4O2S2. The third-order valence-electron chi connectivity index (χ3n) is 6.11. The topological polar surface area (TPSA) is 70.4 Å². The van der Waals surface area contributed by atoms with E-state index in [4.69, 9.17) is 28.2 Å². The first-order valence-corrected chi connectivity index (χ1v) is 13.5. The zero-order chi connectivity index (χ0) is 25.9. The Morgan fingerprint density at radius 3 is 2.68 bits per heavy atom. The number of thiocarbonyl (C=S) groups is 1. The summed E-state index contributed by atoms with van der Waals surface area (Å²) in [6, 6.07) is 22.9. The lowest BCUT2D eigenvalue weighted by atomic mass is 10.0.